The summed E-state index contributed by atoms with van der Waals surface area (Å²) in [4.78, 5) is 40.7. The zero-order valence-corrected chi connectivity index (χ0v) is 73.4. The molecule has 13 aromatic rings. The third-order valence-electron chi connectivity index (χ3n) is 24.1. The van der Waals surface area contributed by atoms with E-state index in [1.165, 1.54) is 42.0 Å². The molecule has 1 aromatic heterocycles. The summed E-state index contributed by atoms with van der Waals surface area (Å²) in [5, 5.41) is 42.8. The van der Waals surface area contributed by atoms with Crippen LogP contribution in [0, 0.1) is 44.0 Å². The molecule has 134 heavy (non-hydrogen) atoms. The molecule has 6 atom stereocenters. The molecule has 6 fully saturated rings. The highest BCUT2D eigenvalue weighted by molar-refractivity contribution is 6.08. The largest absolute Gasteiger partial charge is 0.488 e. The summed E-state index contributed by atoms with van der Waals surface area (Å²) in [6.45, 7) is 14.9. The summed E-state index contributed by atoms with van der Waals surface area (Å²) in [5.41, 5.74) is 12.4. The molecule has 692 valence electrons. The van der Waals surface area contributed by atoms with E-state index in [-0.39, 0.29) is 78.6 Å². The van der Waals surface area contributed by atoms with E-state index in [9.17, 15) is 45.1 Å². The molecular weight excluding hydrogens is 1720 g/mol. The Morgan fingerprint density at radius 2 is 0.642 bits per heavy atom. The van der Waals surface area contributed by atoms with Gasteiger partial charge in [0.1, 0.15) is 82.8 Å². The summed E-state index contributed by atoms with van der Waals surface area (Å²) >= 11 is 0. The molecule has 0 spiro atoms. The van der Waals surface area contributed by atoms with Crippen molar-refractivity contribution in [3.63, 3.8) is 0 Å². The second-order valence-electron chi connectivity index (χ2n) is 33.8. The predicted molar refractivity (Wildman–Crippen MR) is 505 cm³/mol. The molecule has 0 radical (unpaired) electrons. The van der Waals surface area contributed by atoms with Gasteiger partial charge >= 0.3 is 6.18 Å². The fourth-order valence-electron chi connectivity index (χ4n) is 16.9. The van der Waals surface area contributed by atoms with Crippen LogP contribution in [0.15, 0.2) is 237 Å². The van der Waals surface area contributed by atoms with E-state index >= 15 is 0 Å². The highest BCUT2D eigenvalue weighted by atomic mass is 19.4. The maximum atomic E-state index is 14.3. The number of halogens is 7. The monoisotopic (exact) mass is 1820 g/mol. The summed E-state index contributed by atoms with van der Waals surface area (Å²) < 4.78 is 136. The third-order valence-corrected chi connectivity index (χ3v) is 24.1. The summed E-state index contributed by atoms with van der Waals surface area (Å²) in [6, 6.07) is 66.2. The summed E-state index contributed by atoms with van der Waals surface area (Å²) in [5.74, 6) is 0.407. The number of hydrogen-bond donors (Lipinski definition) is 10. The fraction of sp³-hybridized carbons (Fsp3) is 0.276. The number of amides is 3. The lowest BCUT2D eigenvalue weighted by Crippen LogP contribution is -2.20. The van der Waals surface area contributed by atoms with Gasteiger partial charge < -0.3 is 76.3 Å². The van der Waals surface area contributed by atoms with Gasteiger partial charge in [-0.1, -0.05) is 97.9 Å². The Morgan fingerprint density at radius 1 is 0.328 bits per heavy atom. The van der Waals surface area contributed by atoms with Crippen LogP contribution in [-0.4, -0.2) is 154 Å². The average molecular weight is 1830 g/mol. The highest BCUT2D eigenvalue weighted by Gasteiger charge is 2.36. The van der Waals surface area contributed by atoms with Crippen molar-refractivity contribution in [1.29, 1.82) is 0 Å². The van der Waals surface area contributed by atoms with E-state index in [0.717, 1.165) is 160 Å². The first-order valence-electron chi connectivity index (χ1n) is 44.7. The Kier molecular flexibility index (Phi) is 29.9. The van der Waals surface area contributed by atoms with Crippen LogP contribution >= 0.6 is 0 Å². The average Bonchev–Trinajstić information content (AvgIpc) is 1.25. The Morgan fingerprint density at radius 3 is 0.978 bits per heavy atom. The molecular formula is C105H104F7N13O9. The normalized spacial score (nSPS) is 17.8. The first kappa shape index (κ1) is 93.4. The number of alkyl halides is 3. The molecule has 0 unspecified atom stereocenters. The number of aromatic nitrogens is 4. The number of nitrogens with one attached hydrogen (secondary N) is 10. The molecule has 29 heteroatoms. The van der Waals surface area contributed by atoms with E-state index in [2.05, 4.69) is 99.7 Å². The smallest absolute Gasteiger partial charge is 0.417 e. The summed E-state index contributed by atoms with van der Waals surface area (Å²) in [6.07, 6.45) is 0.461. The molecule has 19 rings (SSSR count). The van der Waals surface area contributed by atoms with E-state index < -0.39 is 29.3 Å². The van der Waals surface area contributed by atoms with Gasteiger partial charge in [-0.05, 0) is 300 Å². The molecule has 10 N–H and O–H groups in total. The van der Waals surface area contributed by atoms with Crippen LogP contribution in [0.1, 0.15) is 99.3 Å². The Hall–Kier alpha value is -13.8. The summed E-state index contributed by atoms with van der Waals surface area (Å²) in [7, 11) is 0. The van der Waals surface area contributed by atoms with Crippen molar-refractivity contribution in [3.05, 3.63) is 299 Å². The minimum Gasteiger partial charge on any atom is -0.488 e. The quantitative estimate of drug-likeness (QED) is 0.0238. The Balaban J connectivity index is 0.000000146. The zero-order chi connectivity index (χ0) is 92.1. The number of aryl methyl sites for hydroxylation is 3. The van der Waals surface area contributed by atoms with Crippen molar-refractivity contribution in [2.24, 2.45) is 0 Å². The third kappa shape index (κ3) is 23.1. The molecule has 12 aromatic carbocycles. The van der Waals surface area contributed by atoms with Crippen molar-refractivity contribution >= 4 is 34.8 Å². The van der Waals surface area contributed by atoms with Gasteiger partial charge in [0.05, 0.1) is 5.56 Å². The van der Waals surface area contributed by atoms with Crippen molar-refractivity contribution in [3.8, 4) is 113 Å². The van der Waals surface area contributed by atoms with Crippen LogP contribution < -0.4 is 76.3 Å². The first-order chi connectivity index (χ1) is 64.6. The number of anilines is 3. The van der Waals surface area contributed by atoms with Gasteiger partial charge in [0, 0.05) is 112 Å². The van der Waals surface area contributed by atoms with E-state index in [1.807, 2.05) is 66.7 Å². The van der Waals surface area contributed by atoms with Gasteiger partial charge in [0.15, 0.2) is 11.6 Å². The number of ether oxygens (including phenoxy) is 6. The zero-order valence-electron chi connectivity index (χ0n) is 73.4. The maximum absolute atomic E-state index is 14.3. The van der Waals surface area contributed by atoms with E-state index in [4.69, 9.17) is 28.4 Å². The number of H-pyrrole nitrogens is 1. The number of carbonyl (C=O) groups excluding carboxylic acids is 3. The van der Waals surface area contributed by atoms with Gasteiger partial charge in [-0.3, -0.25) is 14.4 Å². The molecule has 22 nitrogen and oxygen atoms in total. The van der Waals surface area contributed by atoms with E-state index in [1.54, 1.807) is 105 Å². The number of carbonyl (C=O) groups is 3. The Bertz CT molecular complexity index is 6310. The van der Waals surface area contributed by atoms with Crippen LogP contribution in [0.25, 0.3) is 78.1 Å². The maximum Gasteiger partial charge on any atom is 0.417 e. The lowest BCUT2D eigenvalue weighted by Gasteiger charge is -2.20. The minimum absolute atomic E-state index is 0. The number of tetrazole rings is 1. The molecule has 6 aliphatic heterocycles. The van der Waals surface area contributed by atoms with Crippen molar-refractivity contribution in [2.75, 3.05) is 94.5 Å². The lowest BCUT2D eigenvalue weighted by molar-refractivity contribution is -0.137. The number of aromatic amines is 1. The van der Waals surface area contributed by atoms with Gasteiger partial charge in [0.25, 0.3) is 17.7 Å². The standard InChI is InChI=1S/C35H33F4N3O3.C35H36FN3O3.C34H31F2N7O3.CH4/c1-21-16-22(6-9-31(21)36)28-17-23(7-10-32(28)44-25-12-14-40-19-25)34(43)42-24-8-11-33(45-26-13-15-41-20-26)29(18-24)27-4-2-3-5-30(27)35(37,38)39;1-22-3-5-24(6-4-22)31-19-27(9-12-34(31)42-29-14-16-38-21-29)39-35(40)26-8-11-33(41-28-13-15-37-20-28)30(18-26)25-7-10-32(36)23(2)17-25;35-29-8-5-22(16-30(29)36)27-15-23(6-9-31(27)45-25-11-13-37-18-25)34(44)39-24-7-10-32(46-26-12-14-38-19-26)28(17-24)20-1-3-21(4-2-20)33-40-42-43-41-33;/h2-11,16-18,25-26,40-41H,12-15,19-20H2,1H3,(H,42,43);3-12,17-19,28-29,37-38H,13-16,20-21H2,1-2H3,(H,39,40);1-10,15-17,25-26,37-38H,11-14,18-19H2,(H,39,44)(H,40,41,42,43);1H4/t25-,26-;28-,29-;25-,26-;/m000./s1. The first-order valence-corrected chi connectivity index (χ1v) is 44.7. The van der Waals surface area contributed by atoms with Crippen LogP contribution in [0.4, 0.5) is 47.8 Å². The topological polar surface area (TPSA) is 269 Å². The lowest BCUT2D eigenvalue weighted by atomic mass is 9.97. The van der Waals surface area contributed by atoms with Crippen molar-refractivity contribution in [2.45, 2.75) is 110 Å². The number of rotatable bonds is 25. The molecule has 0 aliphatic carbocycles. The van der Waals surface area contributed by atoms with E-state index in [0.29, 0.717) is 121 Å². The van der Waals surface area contributed by atoms with Crippen LogP contribution in [0.3, 0.4) is 0 Å². The van der Waals surface area contributed by atoms with Crippen LogP contribution in [0.2, 0.25) is 0 Å². The molecule has 3 amide bonds. The highest BCUT2D eigenvalue weighted by Crippen LogP contribution is 2.45. The second kappa shape index (κ2) is 42.8. The number of hydrogen-bond acceptors (Lipinski definition) is 18. The Labute approximate surface area is 772 Å². The molecule has 0 bridgehead atoms. The molecule has 6 saturated heterocycles. The SMILES string of the molecule is C.Cc1cc(-c2cc(C(=O)Nc3ccc(O[C@H]4CCNC4)c(-c4ccccc4C(F)(F)F)c3)ccc2O[C@H]2CCNC2)ccc1F.Cc1ccc(-c2cc(NC(=O)c3ccc(O[C@H]4CCNC4)c(-c4ccc(F)c(C)c4)c3)ccc2O[C@H]2CCNC2)cc1.O=C(Nc1ccc(O[C@H]2CCNC2)c(-c2ccc(-c3nn[nH]n3)cc2)c1)c1ccc(O[C@H]2CCNC2)c(-c2ccc(F)c(F)c2)c1. The van der Waals surface area contributed by atoms with Gasteiger partial charge in [-0.15, -0.1) is 10.2 Å². The van der Waals surface area contributed by atoms with Gasteiger partial charge in [-0.25, -0.2) is 17.6 Å². The number of benzene rings is 12. The molecule has 6 aliphatic rings. The molecule has 0 saturated carbocycles. The van der Waals surface area contributed by atoms with Crippen molar-refractivity contribution < 1.29 is 73.5 Å². The minimum atomic E-state index is -4.59. The van der Waals surface area contributed by atoms with Gasteiger partial charge in [0.2, 0.25) is 5.82 Å². The van der Waals surface area contributed by atoms with Gasteiger partial charge in [-0.2, -0.15) is 18.4 Å². The van der Waals surface area contributed by atoms with Crippen LogP contribution in [0.5, 0.6) is 34.5 Å². The predicted octanol–water partition coefficient (Wildman–Crippen LogP) is 19.6. The van der Waals surface area contributed by atoms with Crippen molar-refractivity contribution in [1.82, 2.24) is 52.5 Å². The van der Waals surface area contributed by atoms with Crippen LogP contribution in [-0.2, 0) is 6.18 Å². The second-order valence-corrected chi connectivity index (χ2v) is 33.8. The fourth-order valence-corrected chi connectivity index (χ4v) is 16.9. The number of nitrogens with zero attached hydrogens (tertiary/aromatic N) is 3. The molecule has 7 heterocycles.